The average molecular weight is 378 g/mol. The normalized spacial score (nSPS) is 11.4. The lowest BCUT2D eigenvalue weighted by Crippen LogP contribution is -2.01. The highest BCUT2D eigenvalue weighted by Crippen LogP contribution is 2.37. The van der Waals surface area contributed by atoms with Crippen LogP contribution in [-0.2, 0) is 16.4 Å². The SMILES string of the molecule is CS(=O)(=O)c1cc([N+](=O)[O-])c(NCc2ccc(-n3cccn3)cc2)s1. The van der Waals surface area contributed by atoms with Crippen LogP contribution >= 0.6 is 11.3 Å². The van der Waals surface area contributed by atoms with Crippen molar-refractivity contribution in [3.63, 3.8) is 0 Å². The number of rotatable bonds is 6. The van der Waals surface area contributed by atoms with E-state index >= 15 is 0 Å². The maximum absolute atomic E-state index is 11.6. The molecule has 0 spiro atoms. The molecule has 3 rings (SSSR count). The number of hydrogen-bond acceptors (Lipinski definition) is 7. The molecule has 3 aromatic rings. The second kappa shape index (κ2) is 6.65. The van der Waals surface area contributed by atoms with Gasteiger partial charge < -0.3 is 5.32 Å². The van der Waals surface area contributed by atoms with Crippen molar-refractivity contribution in [3.8, 4) is 5.69 Å². The van der Waals surface area contributed by atoms with E-state index in [0.717, 1.165) is 34.9 Å². The first-order valence-corrected chi connectivity index (χ1v) is 9.86. The molecule has 0 bridgehead atoms. The molecule has 25 heavy (non-hydrogen) atoms. The highest BCUT2D eigenvalue weighted by molar-refractivity contribution is 7.92. The van der Waals surface area contributed by atoms with Crippen molar-refractivity contribution in [1.82, 2.24) is 9.78 Å². The van der Waals surface area contributed by atoms with E-state index in [4.69, 9.17) is 0 Å². The van der Waals surface area contributed by atoms with Crippen LogP contribution in [0.2, 0.25) is 0 Å². The lowest BCUT2D eigenvalue weighted by atomic mass is 10.2. The van der Waals surface area contributed by atoms with Crippen LogP contribution in [0.3, 0.4) is 0 Å². The minimum Gasteiger partial charge on any atom is -0.367 e. The van der Waals surface area contributed by atoms with Crippen LogP contribution in [0, 0.1) is 10.1 Å². The van der Waals surface area contributed by atoms with E-state index in [9.17, 15) is 18.5 Å². The summed E-state index contributed by atoms with van der Waals surface area (Å²) in [5.74, 6) is 0. The molecular weight excluding hydrogens is 364 g/mol. The van der Waals surface area contributed by atoms with Crippen LogP contribution in [0.4, 0.5) is 10.7 Å². The van der Waals surface area contributed by atoms with E-state index in [0.29, 0.717) is 6.54 Å². The second-order valence-corrected chi connectivity index (χ2v) is 8.57. The highest BCUT2D eigenvalue weighted by atomic mass is 32.2. The number of nitrogens with one attached hydrogen (secondary N) is 1. The fourth-order valence-electron chi connectivity index (χ4n) is 2.17. The summed E-state index contributed by atoms with van der Waals surface area (Å²) in [5.41, 5.74) is 1.56. The number of thiophene rings is 1. The minimum absolute atomic E-state index is 0.0317. The summed E-state index contributed by atoms with van der Waals surface area (Å²) < 4.78 is 24.9. The molecule has 2 aromatic heterocycles. The lowest BCUT2D eigenvalue weighted by Gasteiger charge is -2.06. The van der Waals surface area contributed by atoms with E-state index in [1.807, 2.05) is 36.5 Å². The van der Waals surface area contributed by atoms with Crippen LogP contribution in [0.1, 0.15) is 5.56 Å². The molecule has 0 saturated heterocycles. The first kappa shape index (κ1) is 17.1. The van der Waals surface area contributed by atoms with Crippen LogP contribution in [0.5, 0.6) is 0 Å². The predicted molar refractivity (Wildman–Crippen MR) is 95.0 cm³/mol. The minimum atomic E-state index is -3.49. The summed E-state index contributed by atoms with van der Waals surface area (Å²) in [6.07, 6.45) is 4.54. The number of hydrogen-bond donors (Lipinski definition) is 1. The maximum Gasteiger partial charge on any atom is 0.304 e. The summed E-state index contributed by atoms with van der Waals surface area (Å²) in [7, 11) is -3.49. The standard InChI is InChI=1S/C15H14N4O4S2/c1-25(22,23)14-9-13(19(20)21)15(24-14)16-10-11-3-5-12(6-4-11)18-8-2-7-17-18/h2-9,16H,10H2,1H3. The fourth-order valence-corrected chi connectivity index (χ4v) is 4.11. The number of nitrogens with zero attached hydrogens (tertiary/aromatic N) is 3. The molecule has 0 amide bonds. The Bertz CT molecular complexity index is 993. The van der Waals surface area contributed by atoms with Gasteiger partial charge in [-0.15, -0.1) is 0 Å². The van der Waals surface area contributed by atoms with Crippen LogP contribution < -0.4 is 5.32 Å². The summed E-state index contributed by atoms with van der Waals surface area (Å²) in [4.78, 5) is 10.5. The number of aromatic nitrogens is 2. The average Bonchev–Trinajstić information content (AvgIpc) is 3.22. The van der Waals surface area contributed by atoms with E-state index in [2.05, 4.69) is 10.4 Å². The Morgan fingerprint density at radius 3 is 2.60 bits per heavy atom. The third kappa shape index (κ3) is 3.86. The molecule has 1 aromatic carbocycles. The number of anilines is 1. The Balaban J connectivity index is 1.77. The fraction of sp³-hybridized carbons (Fsp3) is 0.133. The van der Waals surface area contributed by atoms with Crippen molar-refractivity contribution in [2.75, 3.05) is 11.6 Å². The van der Waals surface area contributed by atoms with Gasteiger partial charge in [-0.1, -0.05) is 23.5 Å². The molecule has 0 atom stereocenters. The van der Waals surface area contributed by atoms with Gasteiger partial charge in [0.05, 0.1) is 10.6 Å². The van der Waals surface area contributed by atoms with Gasteiger partial charge in [-0.3, -0.25) is 10.1 Å². The van der Waals surface area contributed by atoms with Crippen molar-refractivity contribution in [2.24, 2.45) is 0 Å². The first-order valence-electron chi connectivity index (χ1n) is 7.16. The van der Waals surface area contributed by atoms with E-state index in [-0.39, 0.29) is 14.9 Å². The Morgan fingerprint density at radius 1 is 1.32 bits per heavy atom. The van der Waals surface area contributed by atoms with Crippen molar-refractivity contribution < 1.29 is 13.3 Å². The van der Waals surface area contributed by atoms with Gasteiger partial charge in [-0.05, 0) is 23.8 Å². The van der Waals surface area contributed by atoms with E-state index < -0.39 is 14.8 Å². The van der Waals surface area contributed by atoms with Crippen molar-refractivity contribution >= 4 is 31.9 Å². The van der Waals surface area contributed by atoms with Crippen LogP contribution in [-0.4, -0.2) is 29.4 Å². The molecule has 0 aliphatic carbocycles. The Kier molecular flexibility index (Phi) is 4.55. The monoisotopic (exact) mass is 378 g/mol. The molecule has 130 valence electrons. The molecule has 0 unspecified atom stereocenters. The van der Waals surface area contributed by atoms with Gasteiger partial charge in [0.2, 0.25) is 0 Å². The largest absolute Gasteiger partial charge is 0.367 e. The van der Waals surface area contributed by atoms with Gasteiger partial charge in [-0.25, -0.2) is 13.1 Å². The predicted octanol–water partition coefficient (Wildman–Crippen LogP) is 2.86. The topological polar surface area (TPSA) is 107 Å². The third-order valence-electron chi connectivity index (χ3n) is 3.41. The van der Waals surface area contributed by atoms with Crippen LogP contribution in [0.15, 0.2) is 53.0 Å². The molecule has 8 nitrogen and oxygen atoms in total. The molecule has 10 heteroatoms. The second-order valence-electron chi connectivity index (χ2n) is 5.28. The van der Waals surface area contributed by atoms with Gasteiger partial charge in [0.1, 0.15) is 4.21 Å². The molecule has 0 aliphatic rings. The molecule has 0 aliphatic heterocycles. The Labute approximate surface area is 147 Å². The third-order valence-corrected chi connectivity index (χ3v) is 6.29. The molecular formula is C15H14N4O4S2. The molecule has 1 N–H and O–H groups in total. The Hall–Kier alpha value is -2.72. The van der Waals surface area contributed by atoms with Gasteiger partial charge >= 0.3 is 5.69 Å². The zero-order chi connectivity index (χ0) is 18.0. The van der Waals surface area contributed by atoms with Gasteiger partial charge in [-0.2, -0.15) is 5.10 Å². The van der Waals surface area contributed by atoms with Crippen molar-refractivity contribution in [1.29, 1.82) is 0 Å². The van der Waals surface area contributed by atoms with Crippen molar-refractivity contribution in [2.45, 2.75) is 10.8 Å². The Morgan fingerprint density at radius 2 is 2.04 bits per heavy atom. The highest BCUT2D eigenvalue weighted by Gasteiger charge is 2.23. The molecule has 0 fully saturated rings. The van der Waals surface area contributed by atoms with E-state index in [1.165, 1.54) is 0 Å². The first-order chi connectivity index (χ1) is 11.8. The summed E-state index contributed by atoms with van der Waals surface area (Å²) in [5, 5.41) is 18.4. The maximum atomic E-state index is 11.6. The number of benzene rings is 1. The number of sulfone groups is 1. The number of nitro groups is 1. The summed E-state index contributed by atoms with van der Waals surface area (Å²) in [6.45, 7) is 0.337. The van der Waals surface area contributed by atoms with E-state index in [1.54, 1.807) is 10.9 Å². The van der Waals surface area contributed by atoms with Gasteiger partial charge in [0.15, 0.2) is 14.8 Å². The molecule has 0 radical (unpaired) electrons. The molecule has 0 saturated carbocycles. The summed E-state index contributed by atoms with van der Waals surface area (Å²) in [6, 6.07) is 10.4. The summed E-state index contributed by atoms with van der Waals surface area (Å²) >= 11 is 0.860. The quantitative estimate of drug-likeness (QED) is 0.522. The van der Waals surface area contributed by atoms with Crippen LogP contribution in [0.25, 0.3) is 5.69 Å². The van der Waals surface area contributed by atoms with Gasteiger partial charge in [0, 0.05) is 31.3 Å². The van der Waals surface area contributed by atoms with Gasteiger partial charge in [0.25, 0.3) is 0 Å². The van der Waals surface area contributed by atoms with Crippen molar-refractivity contribution in [3.05, 3.63) is 64.5 Å². The molecule has 2 heterocycles. The zero-order valence-electron chi connectivity index (χ0n) is 13.1. The zero-order valence-corrected chi connectivity index (χ0v) is 14.8. The smallest absolute Gasteiger partial charge is 0.304 e. The lowest BCUT2D eigenvalue weighted by molar-refractivity contribution is -0.383.